The molecule has 2 amide bonds. The van der Waals surface area contributed by atoms with Crippen molar-refractivity contribution in [3.63, 3.8) is 0 Å². The first kappa shape index (κ1) is 16.7. The van der Waals surface area contributed by atoms with Crippen molar-refractivity contribution < 1.29 is 18.7 Å². The Morgan fingerprint density at radius 1 is 1.17 bits per heavy atom. The molecule has 1 saturated heterocycles. The summed E-state index contributed by atoms with van der Waals surface area (Å²) in [6, 6.07) is 9.48. The number of thioether (sulfide) groups is 1. The number of imide groups is 1. The highest BCUT2D eigenvalue weighted by atomic mass is 32.2. The quantitative estimate of drug-likeness (QED) is 0.743. The fourth-order valence-corrected chi connectivity index (χ4v) is 3.89. The van der Waals surface area contributed by atoms with Gasteiger partial charge >= 0.3 is 0 Å². The Balaban J connectivity index is 1.60. The molecule has 2 aromatic rings. The first-order valence-electron chi connectivity index (χ1n) is 7.23. The second-order valence-corrected chi connectivity index (χ2v) is 7.40. The van der Waals surface area contributed by atoms with Gasteiger partial charge < -0.3 is 4.74 Å². The topological polar surface area (TPSA) is 46.6 Å². The molecule has 0 radical (unpaired) electrons. The second kappa shape index (κ2) is 7.19. The summed E-state index contributed by atoms with van der Waals surface area (Å²) in [7, 11) is 0. The maximum atomic E-state index is 12.8. The summed E-state index contributed by atoms with van der Waals surface area (Å²) in [6.45, 7) is 2.30. The van der Waals surface area contributed by atoms with Gasteiger partial charge in [0.05, 0.1) is 11.4 Å². The third-order valence-corrected chi connectivity index (χ3v) is 5.16. The highest BCUT2D eigenvalue weighted by Crippen LogP contribution is 2.33. The van der Waals surface area contributed by atoms with Gasteiger partial charge in [0, 0.05) is 9.75 Å². The molecule has 0 N–H and O–H groups in total. The Morgan fingerprint density at radius 3 is 2.58 bits per heavy atom. The fourth-order valence-electron chi connectivity index (χ4n) is 2.14. The van der Waals surface area contributed by atoms with Crippen molar-refractivity contribution in [3.05, 3.63) is 56.9 Å². The van der Waals surface area contributed by atoms with Gasteiger partial charge in [0.2, 0.25) is 0 Å². The summed E-state index contributed by atoms with van der Waals surface area (Å²) in [4.78, 5) is 28.0. The Morgan fingerprint density at radius 2 is 1.92 bits per heavy atom. The maximum Gasteiger partial charge on any atom is 0.293 e. The van der Waals surface area contributed by atoms with Crippen LogP contribution in [-0.4, -0.2) is 29.2 Å². The van der Waals surface area contributed by atoms with Crippen LogP contribution in [0.1, 0.15) is 9.75 Å². The number of hydrogen-bond acceptors (Lipinski definition) is 5. The molecule has 0 atom stereocenters. The first-order valence-corrected chi connectivity index (χ1v) is 8.86. The largest absolute Gasteiger partial charge is 0.492 e. The third-order valence-electron chi connectivity index (χ3n) is 3.31. The zero-order valence-electron chi connectivity index (χ0n) is 12.8. The molecular weight excluding hydrogens is 349 g/mol. The average molecular weight is 363 g/mol. The zero-order valence-corrected chi connectivity index (χ0v) is 14.5. The number of ether oxygens (including phenoxy) is 1. The standard InChI is InChI=1S/C17H14FNO3S2/c1-11-2-7-14(23-11)10-15-16(20)19(17(21)24-15)8-9-22-13-5-3-12(18)4-6-13/h2-7,10H,8-9H2,1H3/b15-10-. The van der Waals surface area contributed by atoms with E-state index < -0.39 is 0 Å². The Bertz CT molecular complexity index is 798. The van der Waals surface area contributed by atoms with Crippen molar-refractivity contribution in [2.75, 3.05) is 13.2 Å². The molecule has 1 aromatic heterocycles. The molecule has 1 aromatic carbocycles. The lowest BCUT2D eigenvalue weighted by Crippen LogP contribution is -2.32. The highest BCUT2D eigenvalue weighted by Gasteiger charge is 2.34. The molecule has 0 spiro atoms. The van der Waals surface area contributed by atoms with Crippen LogP contribution in [0.3, 0.4) is 0 Å². The summed E-state index contributed by atoms with van der Waals surface area (Å²) in [6.07, 6.45) is 1.74. The minimum atomic E-state index is -0.345. The van der Waals surface area contributed by atoms with Gasteiger partial charge in [-0.25, -0.2) is 4.39 Å². The number of carbonyl (C=O) groups is 2. The van der Waals surface area contributed by atoms with Crippen LogP contribution in [0.2, 0.25) is 0 Å². The molecule has 0 aliphatic carbocycles. The van der Waals surface area contributed by atoms with Crippen LogP contribution in [0.4, 0.5) is 9.18 Å². The molecule has 1 aliphatic heterocycles. The van der Waals surface area contributed by atoms with E-state index in [2.05, 4.69) is 0 Å². The molecular formula is C17H14FNO3S2. The van der Waals surface area contributed by atoms with E-state index in [-0.39, 0.29) is 30.1 Å². The number of rotatable bonds is 5. The predicted octanol–water partition coefficient (Wildman–Crippen LogP) is 4.31. The molecule has 1 aliphatic rings. The summed E-state index contributed by atoms with van der Waals surface area (Å²) < 4.78 is 18.3. The first-order chi connectivity index (χ1) is 11.5. The SMILES string of the molecule is Cc1ccc(/C=C2\SC(=O)N(CCOc3ccc(F)cc3)C2=O)s1. The van der Waals surface area contributed by atoms with Crippen LogP contribution in [0, 0.1) is 12.7 Å². The normalized spacial score (nSPS) is 16.2. The van der Waals surface area contributed by atoms with Crippen molar-refractivity contribution in [1.29, 1.82) is 0 Å². The molecule has 7 heteroatoms. The van der Waals surface area contributed by atoms with Crippen LogP contribution in [0.15, 0.2) is 41.3 Å². The van der Waals surface area contributed by atoms with Crippen LogP contribution < -0.4 is 4.74 Å². The highest BCUT2D eigenvalue weighted by molar-refractivity contribution is 8.18. The van der Waals surface area contributed by atoms with E-state index in [9.17, 15) is 14.0 Å². The van der Waals surface area contributed by atoms with E-state index in [0.29, 0.717) is 10.7 Å². The van der Waals surface area contributed by atoms with E-state index in [1.807, 2.05) is 19.1 Å². The van der Waals surface area contributed by atoms with Crippen molar-refractivity contribution in [1.82, 2.24) is 4.90 Å². The Kier molecular flexibility index (Phi) is 5.01. The molecule has 0 saturated carbocycles. The Hall–Kier alpha value is -2.12. The second-order valence-electron chi connectivity index (χ2n) is 5.08. The van der Waals surface area contributed by atoms with Gasteiger partial charge in [-0.2, -0.15) is 0 Å². The number of carbonyl (C=O) groups excluding carboxylic acids is 2. The van der Waals surface area contributed by atoms with Crippen molar-refractivity contribution >= 4 is 40.3 Å². The van der Waals surface area contributed by atoms with E-state index in [1.165, 1.54) is 29.2 Å². The van der Waals surface area contributed by atoms with E-state index >= 15 is 0 Å². The fraction of sp³-hybridized carbons (Fsp3) is 0.176. The van der Waals surface area contributed by atoms with E-state index in [4.69, 9.17) is 4.74 Å². The molecule has 124 valence electrons. The van der Waals surface area contributed by atoms with Gasteiger partial charge in [-0.1, -0.05) is 0 Å². The number of amides is 2. The molecule has 4 nitrogen and oxygen atoms in total. The van der Waals surface area contributed by atoms with Gasteiger partial charge in [-0.3, -0.25) is 14.5 Å². The van der Waals surface area contributed by atoms with Crippen molar-refractivity contribution in [2.45, 2.75) is 6.92 Å². The zero-order chi connectivity index (χ0) is 17.1. The van der Waals surface area contributed by atoms with E-state index in [1.54, 1.807) is 17.4 Å². The molecule has 24 heavy (non-hydrogen) atoms. The number of thiophene rings is 1. The average Bonchev–Trinajstić information content (AvgIpc) is 3.07. The lowest BCUT2D eigenvalue weighted by molar-refractivity contribution is -0.123. The van der Waals surface area contributed by atoms with Gasteiger partial charge in [-0.15, -0.1) is 11.3 Å². The van der Waals surface area contributed by atoms with Gasteiger partial charge in [0.25, 0.3) is 11.1 Å². The summed E-state index contributed by atoms with van der Waals surface area (Å²) in [5.41, 5.74) is 0. The van der Waals surface area contributed by atoms with Crippen molar-refractivity contribution in [3.8, 4) is 5.75 Å². The van der Waals surface area contributed by atoms with Crippen LogP contribution in [0.5, 0.6) is 5.75 Å². The third kappa shape index (κ3) is 3.85. The monoisotopic (exact) mass is 363 g/mol. The van der Waals surface area contributed by atoms with Crippen LogP contribution in [-0.2, 0) is 4.79 Å². The predicted molar refractivity (Wildman–Crippen MR) is 93.6 cm³/mol. The Labute approximate surface area is 146 Å². The minimum Gasteiger partial charge on any atom is -0.492 e. The van der Waals surface area contributed by atoms with Gasteiger partial charge in [-0.05, 0) is 61.2 Å². The van der Waals surface area contributed by atoms with Crippen LogP contribution >= 0.6 is 23.1 Å². The number of hydrogen-bond donors (Lipinski definition) is 0. The number of benzene rings is 1. The van der Waals surface area contributed by atoms with Gasteiger partial charge in [0.15, 0.2) is 0 Å². The molecule has 3 rings (SSSR count). The molecule has 0 unspecified atom stereocenters. The maximum absolute atomic E-state index is 12.8. The number of nitrogens with zero attached hydrogens (tertiary/aromatic N) is 1. The smallest absolute Gasteiger partial charge is 0.293 e. The number of aryl methyl sites for hydroxylation is 1. The van der Waals surface area contributed by atoms with E-state index in [0.717, 1.165) is 21.5 Å². The summed E-state index contributed by atoms with van der Waals surface area (Å²) >= 11 is 2.50. The molecule has 1 fully saturated rings. The van der Waals surface area contributed by atoms with Crippen LogP contribution in [0.25, 0.3) is 6.08 Å². The number of halogens is 1. The summed E-state index contributed by atoms with van der Waals surface area (Å²) in [5.74, 6) is -0.158. The molecule has 2 heterocycles. The molecule has 0 bridgehead atoms. The lowest BCUT2D eigenvalue weighted by Gasteiger charge is -2.13. The minimum absolute atomic E-state index is 0.156. The van der Waals surface area contributed by atoms with Crippen molar-refractivity contribution in [2.24, 2.45) is 0 Å². The van der Waals surface area contributed by atoms with Gasteiger partial charge in [0.1, 0.15) is 18.2 Å². The lowest BCUT2D eigenvalue weighted by atomic mass is 10.3. The summed E-state index contributed by atoms with van der Waals surface area (Å²) in [5, 5.41) is -0.303.